The summed E-state index contributed by atoms with van der Waals surface area (Å²) in [5.41, 5.74) is -0.371. The lowest BCUT2D eigenvalue weighted by atomic mass is 9.62. The lowest BCUT2D eigenvalue weighted by Gasteiger charge is -2.49. The molecule has 13 nitrogen and oxygen atoms in total. The van der Waals surface area contributed by atoms with E-state index in [9.17, 15) is 19.5 Å². The summed E-state index contributed by atoms with van der Waals surface area (Å²) >= 11 is 0. The van der Waals surface area contributed by atoms with Crippen LogP contribution in [-0.2, 0) is 49.5 Å². The van der Waals surface area contributed by atoms with Crippen LogP contribution in [0, 0.1) is 5.41 Å². The molecule has 53 heavy (non-hydrogen) atoms. The summed E-state index contributed by atoms with van der Waals surface area (Å²) in [4.78, 5) is 48.1. The molecule has 7 atom stereocenters. The molecule has 0 unspecified atom stereocenters. The lowest BCUT2D eigenvalue weighted by molar-refractivity contribution is -0.224. The van der Waals surface area contributed by atoms with Crippen LogP contribution < -0.4 is 5.32 Å². The third kappa shape index (κ3) is 9.60. The maximum atomic E-state index is 14.8. The van der Waals surface area contributed by atoms with E-state index in [1.54, 1.807) is 31.9 Å². The number of hydrogen-bond donors (Lipinski definition) is 3. The van der Waals surface area contributed by atoms with Crippen LogP contribution in [0.1, 0.15) is 116 Å². The molecule has 1 amide bonds. The van der Waals surface area contributed by atoms with Crippen LogP contribution in [0.25, 0.3) is 6.08 Å². The first-order valence-electron chi connectivity index (χ1n) is 19.5. The van der Waals surface area contributed by atoms with Crippen molar-refractivity contribution in [1.29, 1.82) is 0 Å². The van der Waals surface area contributed by atoms with E-state index in [2.05, 4.69) is 19.2 Å². The van der Waals surface area contributed by atoms with Crippen LogP contribution >= 0.6 is 0 Å². The van der Waals surface area contributed by atoms with E-state index in [4.69, 9.17) is 33.6 Å². The molecule has 296 valence electrons. The average Bonchev–Trinajstić information content (AvgIpc) is 3.67. The normalized spacial score (nSPS) is 28.1. The van der Waals surface area contributed by atoms with E-state index in [1.165, 1.54) is 6.26 Å². The molecule has 3 aliphatic heterocycles. The standard InChI is InChI=1S/C40H60N2O11/c1-6-8-10-19-39(20-11-9-7-2)51-32-30-24-40(37(47)41-29(26-44)16-17-31(45)50-38(3,4)5)34(36(46)49-30)42(53-35(40)33(32)52-39)25-28-14-12-27(13-15-28)18-22-48-23-21-43/h12-15,18,22,29-30,32-35,43-44H,6-11,16-17,19-21,23-26H2,1-5H3,(H,41,47)/t29-,30+,32-,33-,34+,35+,40+/m0/s1. The van der Waals surface area contributed by atoms with E-state index in [0.717, 1.165) is 49.7 Å². The first-order chi connectivity index (χ1) is 25.4. The number of nitrogens with zero attached hydrogens (tertiary/aromatic N) is 1. The molecule has 5 rings (SSSR count). The maximum Gasteiger partial charge on any atom is 0.327 e. The van der Waals surface area contributed by atoms with E-state index in [1.807, 2.05) is 24.3 Å². The van der Waals surface area contributed by atoms with Gasteiger partial charge in [0.05, 0.1) is 32.1 Å². The highest BCUT2D eigenvalue weighted by Crippen LogP contribution is 2.58. The van der Waals surface area contributed by atoms with E-state index in [0.29, 0.717) is 12.8 Å². The van der Waals surface area contributed by atoms with Crippen LogP contribution in [0.2, 0.25) is 0 Å². The number of esters is 2. The fourth-order valence-electron chi connectivity index (χ4n) is 8.07. The third-order valence-corrected chi connectivity index (χ3v) is 10.6. The quantitative estimate of drug-likeness (QED) is 0.0960. The zero-order chi connectivity index (χ0) is 38.2. The molecule has 1 aromatic rings. The zero-order valence-corrected chi connectivity index (χ0v) is 32.1. The van der Waals surface area contributed by atoms with Gasteiger partial charge in [-0.3, -0.25) is 19.2 Å². The smallest absolute Gasteiger partial charge is 0.327 e. The van der Waals surface area contributed by atoms with Crippen molar-refractivity contribution in [3.8, 4) is 0 Å². The Kier molecular flexibility index (Phi) is 14.0. The van der Waals surface area contributed by atoms with Gasteiger partial charge >= 0.3 is 11.9 Å². The van der Waals surface area contributed by atoms with Gasteiger partial charge in [0.2, 0.25) is 5.91 Å². The van der Waals surface area contributed by atoms with Crippen molar-refractivity contribution < 1.29 is 53.1 Å². The number of aliphatic hydroxyl groups is 2. The summed E-state index contributed by atoms with van der Waals surface area (Å²) in [6, 6.07) is 5.75. The second-order valence-corrected chi connectivity index (χ2v) is 15.8. The van der Waals surface area contributed by atoms with Gasteiger partial charge in [0.25, 0.3) is 0 Å². The number of ether oxygens (including phenoxy) is 5. The Morgan fingerprint density at radius 3 is 2.34 bits per heavy atom. The van der Waals surface area contributed by atoms with E-state index >= 15 is 0 Å². The fraction of sp³-hybridized carbons (Fsp3) is 0.725. The molecule has 0 aromatic heterocycles. The highest BCUT2D eigenvalue weighted by atomic mass is 16.8. The Hall–Kier alpha value is -3.07. The third-order valence-electron chi connectivity index (χ3n) is 10.6. The number of rotatable bonds is 20. The number of benzene rings is 1. The van der Waals surface area contributed by atoms with Crippen molar-refractivity contribution in [3.05, 3.63) is 41.7 Å². The number of nitrogens with one attached hydrogen (secondary N) is 1. The van der Waals surface area contributed by atoms with Gasteiger partial charge in [-0.05, 0) is 57.2 Å². The predicted molar refractivity (Wildman–Crippen MR) is 195 cm³/mol. The number of aliphatic hydroxyl groups excluding tert-OH is 2. The van der Waals surface area contributed by atoms with Gasteiger partial charge in [-0.2, -0.15) is 5.06 Å². The zero-order valence-electron chi connectivity index (χ0n) is 32.1. The molecule has 4 aliphatic rings. The van der Waals surface area contributed by atoms with Crippen molar-refractivity contribution in [1.82, 2.24) is 10.4 Å². The van der Waals surface area contributed by atoms with Crippen LogP contribution in [0.15, 0.2) is 30.5 Å². The number of unbranched alkanes of at least 4 members (excludes halogenated alkanes) is 4. The minimum atomic E-state index is -1.42. The minimum Gasteiger partial charge on any atom is -0.499 e. The summed E-state index contributed by atoms with van der Waals surface area (Å²) in [7, 11) is 0. The highest BCUT2D eigenvalue weighted by molar-refractivity contribution is 5.93. The molecular formula is C40H60N2O11. The van der Waals surface area contributed by atoms with Gasteiger partial charge in [0.15, 0.2) is 11.8 Å². The predicted octanol–water partition coefficient (Wildman–Crippen LogP) is 4.71. The number of hydrogen-bond acceptors (Lipinski definition) is 12. The molecule has 3 heterocycles. The number of amides is 1. The van der Waals surface area contributed by atoms with Crippen molar-refractivity contribution >= 4 is 23.9 Å². The summed E-state index contributed by atoms with van der Waals surface area (Å²) in [6.45, 7) is 9.54. The van der Waals surface area contributed by atoms with Crippen molar-refractivity contribution in [2.75, 3.05) is 19.8 Å². The Balaban J connectivity index is 1.44. The molecular weight excluding hydrogens is 684 g/mol. The Bertz CT molecular complexity index is 1400. The van der Waals surface area contributed by atoms with Gasteiger partial charge in [-0.15, -0.1) is 0 Å². The summed E-state index contributed by atoms with van der Waals surface area (Å²) in [5.74, 6) is -2.36. The molecule has 0 spiro atoms. The number of hydroxylamine groups is 2. The van der Waals surface area contributed by atoms with Gasteiger partial charge in [0, 0.05) is 25.7 Å². The maximum absolute atomic E-state index is 14.8. The summed E-state index contributed by atoms with van der Waals surface area (Å²) in [6.07, 6.45) is 7.99. The molecule has 1 aliphatic carbocycles. The lowest BCUT2D eigenvalue weighted by Crippen LogP contribution is -2.70. The fourth-order valence-corrected chi connectivity index (χ4v) is 8.07. The molecule has 1 saturated carbocycles. The monoisotopic (exact) mass is 744 g/mol. The molecule has 2 bridgehead atoms. The first-order valence-corrected chi connectivity index (χ1v) is 19.5. The molecule has 13 heteroatoms. The van der Waals surface area contributed by atoms with Gasteiger partial charge in [-0.25, -0.2) is 0 Å². The SMILES string of the molecule is CCCCCC1(CCCCC)O[C@@H]2[C@H](O1)[C@H]1ON(Cc3ccc(C=COCCO)cc3)[C@@H]3C(=O)O[C@@H]2C[C@]13C(=O)N[C@H](CO)CCC(=O)OC(C)(C)C. The number of fused-ring (bicyclic) bond motifs is 4. The topological polar surface area (TPSA) is 162 Å². The number of carbonyl (C=O) groups is 3. The van der Waals surface area contributed by atoms with Crippen LogP contribution in [0.3, 0.4) is 0 Å². The van der Waals surface area contributed by atoms with Gasteiger partial charge in [0.1, 0.15) is 42.0 Å². The van der Waals surface area contributed by atoms with Crippen molar-refractivity contribution in [2.24, 2.45) is 5.41 Å². The van der Waals surface area contributed by atoms with Crippen LogP contribution in [0.4, 0.5) is 0 Å². The number of carbonyl (C=O) groups excluding carboxylic acids is 3. The molecule has 0 radical (unpaired) electrons. The van der Waals surface area contributed by atoms with Gasteiger partial charge < -0.3 is 39.2 Å². The Morgan fingerprint density at radius 2 is 1.72 bits per heavy atom. The van der Waals surface area contributed by atoms with Crippen molar-refractivity contribution in [2.45, 2.75) is 160 Å². The van der Waals surface area contributed by atoms with Gasteiger partial charge in [-0.1, -0.05) is 63.8 Å². The Morgan fingerprint density at radius 1 is 1.04 bits per heavy atom. The largest absolute Gasteiger partial charge is 0.499 e. The highest BCUT2D eigenvalue weighted by Gasteiger charge is 2.76. The van der Waals surface area contributed by atoms with Crippen molar-refractivity contribution in [3.63, 3.8) is 0 Å². The van der Waals surface area contributed by atoms with E-state index < -0.39 is 77.8 Å². The molecule has 1 aromatic carbocycles. The molecule has 4 fully saturated rings. The van der Waals surface area contributed by atoms with Crippen LogP contribution in [-0.4, -0.2) is 101 Å². The summed E-state index contributed by atoms with van der Waals surface area (Å²) in [5, 5.41) is 23.8. The summed E-state index contributed by atoms with van der Waals surface area (Å²) < 4.78 is 30.6. The second kappa shape index (κ2) is 18.0. The Labute approximate surface area is 313 Å². The molecule has 3 saturated heterocycles. The average molecular weight is 745 g/mol. The first kappa shape index (κ1) is 41.1. The van der Waals surface area contributed by atoms with E-state index in [-0.39, 0.29) is 39.0 Å². The minimum absolute atomic E-state index is 0.00560. The second-order valence-electron chi connectivity index (χ2n) is 15.8. The molecule has 3 N–H and O–H groups in total. The van der Waals surface area contributed by atoms with Crippen LogP contribution in [0.5, 0.6) is 0 Å².